The van der Waals surface area contributed by atoms with Gasteiger partial charge in [-0.05, 0) is 35.0 Å². The van der Waals surface area contributed by atoms with Crippen molar-refractivity contribution in [2.45, 2.75) is 11.8 Å². The van der Waals surface area contributed by atoms with Crippen molar-refractivity contribution in [3.8, 4) is 0 Å². The Balaban J connectivity index is 2.37. The summed E-state index contributed by atoms with van der Waals surface area (Å²) in [5.41, 5.74) is 0.479. The van der Waals surface area contributed by atoms with E-state index in [1.54, 1.807) is 0 Å². The van der Waals surface area contributed by atoms with Crippen LogP contribution in [0.15, 0.2) is 27.6 Å². The molecule has 19 heavy (non-hydrogen) atoms. The van der Waals surface area contributed by atoms with Gasteiger partial charge in [-0.3, -0.25) is 4.79 Å². The smallest absolute Gasteiger partial charge is 0.244 e. The second-order valence-electron chi connectivity index (χ2n) is 4.22. The van der Waals surface area contributed by atoms with Crippen molar-refractivity contribution in [1.82, 2.24) is 4.31 Å². The summed E-state index contributed by atoms with van der Waals surface area (Å²) in [6, 6.07) is 4.53. The maximum absolute atomic E-state index is 12.4. The number of rotatable bonds is 3. The molecule has 1 saturated heterocycles. The van der Waals surface area contributed by atoms with E-state index in [-0.39, 0.29) is 10.7 Å². The zero-order valence-electron chi connectivity index (χ0n) is 10.4. The highest BCUT2D eigenvalue weighted by atomic mass is 79.9. The molecule has 1 aromatic carbocycles. The molecule has 2 rings (SSSR count). The van der Waals surface area contributed by atoms with Crippen LogP contribution in [0.5, 0.6) is 0 Å². The molecule has 0 bridgehead atoms. The fraction of sp³-hybridized carbons (Fsp3) is 0.417. The summed E-state index contributed by atoms with van der Waals surface area (Å²) in [7, 11) is -3.54. The molecule has 7 heteroatoms. The van der Waals surface area contributed by atoms with E-state index in [0.29, 0.717) is 36.3 Å². The minimum absolute atomic E-state index is 0.101. The van der Waals surface area contributed by atoms with E-state index in [2.05, 4.69) is 15.9 Å². The number of Topliss-reactive ketones (excluding diaryl/α,β-unsaturated/α-hetero) is 1. The van der Waals surface area contributed by atoms with Gasteiger partial charge >= 0.3 is 0 Å². The number of sulfonamides is 1. The van der Waals surface area contributed by atoms with Gasteiger partial charge in [-0.15, -0.1) is 0 Å². The number of ketones is 1. The van der Waals surface area contributed by atoms with Gasteiger partial charge in [0.15, 0.2) is 5.78 Å². The molecule has 0 amide bonds. The minimum Gasteiger partial charge on any atom is -0.379 e. The molecule has 1 heterocycles. The van der Waals surface area contributed by atoms with Crippen LogP contribution in [-0.2, 0) is 14.8 Å². The molecule has 0 N–H and O–H groups in total. The summed E-state index contributed by atoms with van der Waals surface area (Å²) in [6.45, 7) is 2.95. The Morgan fingerprint density at radius 3 is 2.47 bits per heavy atom. The van der Waals surface area contributed by atoms with Gasteiger partial charge in [-0.25, -0.2) is 8.42 Å². The standard InChI is InChI=1S/C12H14BrNO4S/c1-9(15)10-2-3-12(11(13)8-10)19(16,17)14-4-6-18-7-5-14/h2-3,8H,4-7H2,1H3. The normalized spacial score (nSPS) is 17.4. The van der Waals surface area contributed by atoms with Crippen molar-refractivity contribution < 1.29 is 17.9 Å². The number of morpholine rings is 1. The van der Waals surface area contributed by atoms with Gasteiger partial charge in [0.25, 0.3) is 0 Å². The first-order chi connectivity index (χ1) is 8.93. The molecule has 5 nitrogen and oxygen atoms in total. The predicted molar refractivity (Wildman–Crippen MR) is 73.7 cm³/mol. The summed E-state index contributed by atoms with van der Waals surface area (Å²) in [6.07, 6.45) is 0. The van der Waals surface area contributed by atoms with Crippen LogP contribution in [-0.4, -0.2) is 44.8 Å². The van der Waals surface area contributed by atoms with Crippen molar-refractivity contribution >= 4 is 31.7 Å². The zero-order valence-corrected chi connectivity index (χ0v) is 12.8. The fourth-order valence-electron chi connectivity index (χ4n) is 1.86. The Hall–Kier alpha value is -0.760. The van der Waals surface area contributed by atoms with Crippen molar-refractivity contribution in [2.75, 3.05) is 26.3 Å². The van der Waals surface area contributed by atoms with E-state index in [4.69, 9.17) is 4.74 Å². The quantitative estimate of drug-likeness (QED) is 0.780. The number of halogens is 1. The highest BCUT2D eigenvalue weighted by molar-refractivity contribution is 9.10. The number of hydrogen-bond donors (Lipinski definition) is 0. The molecule has 104 valence electrons. The molecule has 0 unspecified atom stereocenters. The van der Waals surface area contributed by atoms with Crippen LogP contribution in [0.1, 0.15) is 17.3 Å². The van der Waals surface area contributed by atoms with Crippen LogP contribution in [0.25, 0.3) is 0 Å². The van der Waals surface area contributed by atoms with Gasteiger partial charge in [-0.2, -0.15) is 4.31 Å². The molecule has 0 atom stereocenters. The van der Waals surface area contributed by atoms with E-state index >= 15 is 0 Å². The van der Waals surface area contributed by atoms with Gasteiger partial charge < -0.3 is 4.74 Å². The number of hydrogen-bond acceptors (Lipinski definition) is 4. The Labute approximate surface area is 120 Å². The van der Waals surface area contributed by atoms with Gasteiger partial charge in [0, 0.05) is 23.1 Å². The van der Waals surface area contributed by atoms with E-state index in [1.165, 1.54) is 29.4 Å². The first kappa shape index (κ1) is 14.6. The van der Waals surface area contributed by atoms with Crippen molar-refractivity contribution in [3.63, 3.8) is 0 Å². The van der Waals surface area contributed by atoms with E-state index in [9.17, 15) is 13.2 Å². The van der Waals surface area contributed by atoms with E-state index < -0.39 is 10.0 Å². The molecular weight excluding hydrogens is 334 g/mol. The van der Waals surface area contributed by atoms with Crippen molar-refractivity contribution in [2.24, 2.45) is 0 Å². The van der Waals surface area contributed by atoms with Crippen LogP contribution in [0.2, 0.25) is 0 Å². The number of ether oxygens (including phenoxy) is 1. The molecule has 0 spiro atoms. The first-order valence-corrected chi connectivity index (χ1v) is 8.04. The molecule has 0 radical (unpaired) electrons. The van der Waals surface area contributed by atoms with Crippen LogP contribution in [0.4, 0.5) is 0 Å². The monoisotopic (exact) mass is 347 g/mol. The second-order valence-corrected chi connectivity index (χ2v) is 6.98. The average Bonchev–Trinajstić information content (AvgIpc) is 2.39. The zero-order chi connectivity index (χ0) is 14.0. The molecule has 1 aliphatic rings. The lowest BCUT2D eigenvalue weighted by atomic mass is 10.2. The largest absolute Gasteiger partial charge is 0.379 e. The van der Waals surface area contributed by atoms with Crippen LogP contribution >= 0.6 is 15.9 Å². The molecule has 0 saturated carbocycles. The first-order valence-electron chi connectivity index (χ1n) is 5.81. The highest BCUT2D eigenvalue weighted by Gasteiger charge is 2.28. The van der Waals surface area contributed by atoms with Crippen LogP contribution in [0.3, 0.4) is 0 Å². The van der Waals surface area contributed by atoms with Crippen LogP contribution in [0, 0.1) is 0 Å². The SMILES string of the molecule is CC(=O)c1ccc(S(=O)(=O)N2CCOCC2)c(Br)c1. The Bertz CT molecular complexity index is 594. The second kappa shape index (κ2) is 5.70. The molecule has 1 aliphatic heterocycles. The summed E-state index contributed by atoms with van der Waals surface area (Å²) in [4.78, 5) is 11.4. The Morgan fingerprint density at radius 1 is 1.32 bits per heavy atom. The molecule has 0 aromatic heterocycles. The third-order valence-electron chi connectivity index (χ3n) is 2.93. The lowest BCUT2D eigenvalue weighted by molar-refractivity contribution is 0.0730. The number of carbonyl (C=O) groups is 1. The summed E-state index contributed by atoms with van der Waals surface area (Å²) in [5, 5.41) is 0. The van der Waals surface area contributed by atoms with Crippen LogP contribution < -0.4 is 0 Å². The van der Waals surface area contributed by atoms with Crippen molar-refractivity contribution in [3.05, 3.63) is 28.2 Å². The Morgan fingerprint density at radius 2 is 1.95 bits per heavy atom. The van der Waals surface area contributed by atoms with Crippen molar-refractivity contribution in [1.29, 1.82) is 0 Å². The maximum atomic E-state index is 12.4. The number of carbonyl (C=O) groups excluding carboxylic acids is 1. The predicted octanol–water partition coefficient (Wildman–Crippen LogP) is 1.67. The molecule has 1 aromatic rings. The number of nitrogens with zero attached hydrogens (tertiary/aromatic N) is 1. The minimum atomic E-state index is -3.54. The van der Waals surface area contributed by atoms with E-state index in [0.717, 1.165) is 0 Å². The molecule has 1 fully saturated rings. The third kappa shape index (κ3) is 3.05. The van der Waals surface area contributed by atoms with Gasteiger partial charge in [0.05, 0.1) is 18.1 Å². The maximum Gasteiger partial charge on any atom is 0.244 e. The van der Waals surface area contributed by atoms with Gasteiger partial charge in [-0.1, -0.05) is 6.07 Å². The lowest BCUT2D eigenvalue weighted by Crippen LogP contribution is -2.40. The Kier molecular flexibility index (Phi) is 4.39. The summed E-state index contributed by atoms with van der Waals surface area (Å²) >= 11 is 3.23. The third-order valence-corrected chi connectivity index (χ3v) is 5.80. The van der Waals surface area contributed by atoms with Gasteiger partial charge in [0.1, 0.15) is 0 Å². The summed E-state index contributed by atoms with van der Waals surface area (Å²) < 4.78 is 31.8. The molecule has 0 aliphatic carbocycles. The topological polar surface area (TPSA) is 63.7 Å². The average molecular weight is 348 g/mol. The molecular formula is C12H14BrNO4S. The van der Waals surface area contributed by atoms with E-state index in [1.807, 2.05) is 0 Å². The van der Waals surface area contributed by atoms with Gasteiger partial charge in [0.2, 0.25) is 10.0 Å². The summed E-state index contributed by atoms with van der Waals surface area (Å²) in [5.74, 6) is -0.101. The highest BCUT2D eigenvalue weighted by Crippen LogP contribution is 2.26. The fourth-order valence-corrected chi connectivity index (χ4v) is 4.30. The lowest BCUT2D eigenvalue weighted by Gasteiger charge is -2.26. The number of benzene rings is 1.